The van der Waals surface area contributed by atoms with Gasteiger partial charge in [0.25, 0.3) is 0 Å². The molecule has 746 valence electrons. The predicted octanol–water partition coefficient (Wildman–Crippen LogP) is -13.5. The Hall–Kier alpha value is -14.1. The number of hydrogen-bond acceptors (Lipinski definition) is 28. The molecule has 0 saturated heterocycles. The van der Waals surface area contributed by atoms with Gasteiger partial charge in [0.05, 0.1) is 45.3 Å². The second kappa shape index (κ2) is 64.7. The summed E-state index contributed by atoms with van der Waals surface area (Å²) in [7, 11) is 0. The quantitative estimate of drug-likeness (QED) is 0.0166. The number of unbranched alkanes of at least 4 members (excludes halogenated alkanes) is 2. The Morgan fingerprint density at radius 1 is 0.321 bits per heavy atom. The maximum atomic E-state index is 14.6. The van der Waals surface area contributed by atoms with E-state index in [1.165, 1.54) is 6.92 Å². The number of aliphatic hydroxyl groups excluding tert-OH is 2. The number of nitrogens with one attached hydrogen (secondary N) is 23. The molecule has 0 aliphatic carbocycles. The first kappa shape index (κ1) is 116. The fraction of sp³-hybridized carbons (Fsp3) is 0.580. The molecule has 2 aromatic carbocycles. The number of carbonyl (C=O) groups excluding carboxylic acids is 19. The largest absolute Gasteiger partial charge is 0.394 e. The second-order valence-electron chi connectivity index (χ2n) is 31.2. The van der Waals surface area contributed by atoms with Crippen LogP contribution in [0.4, 0.5) is 0 Å². The number of amides is 19. The third-order valence-electron chi connectivity index (χ3n) is 19.8. The van der Waals surface area contributed by atoms with Gasteiger partial charge in [0, 0.05) is 39.0 Å². The smallest absolute Gasteiger partial charge is 0.245 e. The molecule has 0 bridgehead atoms. The van der Waals surface area contributed by atoms with Gasteiger partial charge in [0.1, 0.15) is 78.5 Å². The fourth-order valence-corrected chi connectivity index (χ4v) is 12.6. The van der Waals surface area contributed by atoms with Gasteiger partial charge in [0.15, 0.2) is 17.9 Å². The van der Waals surface area contributed by atoms with Crippen molar-refractivity contribution in [3.05, 3.63) is 71.8 Å². The summed E-state index contributed by atoms with van der Waals surface area (Å²) in [6, 6.07) is -3.20. The van der Waals surface area contributed by atoms with E-state index in [0.29, 0.717) is 24.9 Å². The third-order valence-corrected chi connectivity index (χ3v) is 19.8. The zero-order chi connectivity index (χ0) is 100. The summed E-state index contributed by atoms with van der Waals surface area (Å²) in [5.41, 5.74) is 51.3. The number of nitrogens with two attached hydrogens (primary N) is 9. The maximum Gasteiger partial charge on any atom is 0.245 e. The van der Waals surface area contributed by atoms with E-state index in [9.17, 15) is 101 Å². The number of rotatable bonds is 68. The first-order chi connectivity index (χ1) is 63.5. The van der Waals surface area contributed by atoms with Gasteiger partial charge in [-0.15, -0.1) is 0 Å². The zero-order valence-corrected chi connectivity index (χ0v) is 75.4. The van der Waals surface area contributed by atoms with Gasteiger partial charge >= 0.3 is 0 Å². The van der Waals surface area contributed by atoms with Crippen molar-refractivity contribution in [1.82, 2.24) is 106 Å². The first-order valence-electron chi connectivity index (χ1n) is 43.5. The van der Waals surface area contributed by atoms with Crippen LogP contribution in [0.15, 0.2) is 60.7 Å². The Labute approximate surface area is 773 Å². The molecular formula is C81H136N32O21. The summed E-state index contributed by atoms with van der Waals surface area (Å²) < 4.78 is 0. The van der Waals surface area contributed by atoms with Crippen LogP contribution in [0, 0.1) is 16.2 Å². The molecule has 53 nitrogen and oxygen atoms in total. The summed E-state index contributed by atoms with van der Waals surface area (Å²) in [6.45, 7) is 0.774. The summed E-state index contributed by atoms with van der Waals surface area (Å²) in [6.07, 6.45) is -3.60. The lowest BCUT2D eigenvalue weighted by atomic mass is 10.0. The van der Waals surface area contributed by atoms with Crippen molar-refractivity contribution in [2.75, 3.05) is 72.1 Å². The molecule has 2 rings (SSSR count). The van der Waals surface area contributed by atoms with Crippen molar-refractivity contribution in [1.29, 1.82) is 16.2 Å². The molecule has 19 amide bonds. The molecule has 134 heavy (non-hydrogen) atoms. The predicted molar refractivity (Wildman–Crippen MR) is 486 cm³/mol. The molecule has 0 spiro atoms. The van der Waals surface area contributed by atoms with Crippen molar-refractivity contribution in [3.8, 4) is 0 Å². The Balaban J connectivity index is 2.37. The highest BCUT2D eigenvalue weighted by atomic mass is 16.3. The average molecular weight is 1890 g/mol. The topological polar surface area (TPSA) is 911 Å². The minimum atomic E-state index is -1.87. The molecule has 0 saturated carbocycles. The van der Waals surface area contributed by atoms with Crippen LogP contribution in [0.25, 0.3) is 0 Å². The molecule has 0 aliphatic rings. The minimum absolute atomic E-state index is 0.00346. The molecular weight excluding hydrogens is 1760 g/mol. The third kappa shape index (κ3) is 49.3. The Morgan fingerprint density at radius 3 is 1.07 bits per heavy atom. The van der Waals surface area contributed by atoms with Gasteiger partial charge in [-0.25, -0.2) is 0 Å². The van der Waals surface area contributed by atoms with E-state index in [1.807, 2.05) is 30.3 Å². The number of primary amides is 3. The van der Waals surface area contributed by atoms with Crippen LogP contribution >= 0.6 is 0 Å². The molecule has 53 heteroatoms. The molecule has 0 unspecified atom stereocenters. The standard InChI is InChI=1S/C81H136N32O21/c1-44(101-63(120)42-100-78(134)65(46(3)115)113-76(132)56(36-47-18-6-4-7-19-47)103-64(121)41-99-62(119)40-98-61(118)39-94-38-48-20-8-5-9-21-48)67(123)105-53(25-15-33-95-79(88)89)70(126)108-51(23-11-13-31-83)74(130)112-58(43-114)77(133)102-45(2)68(124)106-54(26-16-34-96-80(90)91)71(127)107-50(22-10-12-30-82)69(125)110-55(27-17-35-97-81(92)93)72(128)109-52(24-14-32-84)73(129)111-57(37-60(86)117)75(131)104-49(66(87)122)28-29-59(85)116/h4-9,18-21,44-46,49-58,65,94,114-115H,10-17,22-43,82-84H2,1-3H3,(H2,85,116)(H2,86,117)(H2,87,122)(H,98,118)(H,99,119)(H,100,134)(H,101,120)(H,102,133)(H,103,121)(H,104,131)(H,105,123)(H,106,124)(H,107,127)(H,108,126)(H,109,128)(H,110,125)(H,111,129)(H,112,130)(H,113,132)(H4,88,89,95)(H4,90,91,96)(H4,92,93,97)/t44-,45-,46+,49-,50-,51-,52-,53-,54-,55-,56-,57-,58-,65-/m0/s1. The second-order valence-corrected chi connectivity index (χ2v) is 31.2. The molecule has 2 aromatic rings. The van der Waals surface area contributed by atoms with Crippen molar-refractivity contribution in [3.63, 3.8) is 0 Å². The van der Waals surface area contributed by atoms with Crippen molar-refractivity contribution in [2.45, 2.75) is 228 Å². The van der Waals surface area contributed by atoms with E-state index in [4.69, 9.17) is 67.8 Å². The SMILES string of the molecule is C[C@H](NC(=O)CNC(=O)[C@@H](NC(=O)[C@H](Cc1ccccc1)NC(=O)CNC(=O)CNC(=O)CNCc1ccccc1)[C@@H](C)O)C(=O)N[C@@H](CCCNC(=N)N)C(=O)N[C@@H](CCCCN)C(=O)N[C@@H](CO)C(=O)N[C@@H](C)C(=O)N[C@@H](CCCNC(=N)N)C(=O)N[C@@H](CCCCN)C(=O)N[C@@H](CCCNC(=N)N)C(=O)N[C@@H](CCCN)C(=O)N[C@@H](CC(N)=O)C(=O)N[C@@H](CCC(N)=O)C(N)=O. The summed E-state index contributed by atoms with van der Waals surface area (Å²) in [5.74, 6) is -20.1. The van der Waals surface area contributed by atoms with E-state index >= 15 is 0 Å². The van der Waals surface area contributed by atoms with Crippen LogP contribution in [-0.2, 0) is 104 Å². The fourth-order valence-electron chi connectivity index (χ4n) is 12.6. The van der Waals surface area contributed by atoms with Crippen LogP contribution in [0.3, 0.4) is 0 Å². The molecule has 0 radical (unpaired) electrons. The van der Waals surface area contributed by atoms with Gasteiger partial charge in [-0.2, -0.15) is 0 Å². The summed E-state index contributed by atoms with van der Waals surface area (Å²) >= 11 is 0. The van der Waals surface area contributed by atoms with E-state index in [-0.39, 0.29) is 136 Å². The summed E-state index contributed by atoms with van der Waals surface area (Å²) in [4.78, 5) is 257. The lowest BCUT2D eigenvalue weighted by Gasteiger charge is -2.28. The van der Waals surface area contributed by atoms with E-state index in [1.54, 1.807) is 30.3 Å². The monoisotopic (exact) mass is 1890 g/mol. The highest BCUT2D eigenvalue weighted by Gasteiger charge is 2.38. The van der Waals surface area contributed by atoms with Crippen molar-refractivity contribution >= 4 is 130 Å². The molecule has 43 N–H and O–H groups in total. The highest BCUT2D eigenvalue weighted by Crippen LogP contribution is 2.13. The number of guanidine groups is 3. The van der Waals surface area contributed by atoms with Gasteiger partial charge in [-0.05, 0) is 148 Å². The van der Waals surface area contributed by atoms with Crippen LogP contribution in [0.2, 0.25) is 0 Å². The molecule has 0 aliphatic heterocycles. The van der Waals surface area contributed by atoms with Crippen LogP contribution in [0.5, 0.6) is 0 Å². The Morgan fingerprint density at radius 2 is 0.664 bits per heavy atom. The van der Waals surface area contributed by atoms with Crippen LogP contribution < -0.4 is 158 Å². The maximum absolute atomic E-state index is 14.6. The van der Waals surface area contributed by atoms with E-state index < -0.39 is 254 Å². The lowest BCUT2D eigenvalue weighted by molar-refractivity contribution is -0.136. The van der Waals surface area contributed by atoms with Crippen molar-refractivity contribution in [2.24, 2.45) is 51.6 Å². The Kier molecular flexibility index (Phi) is 56.0. The minimum Gasteiger partial charge on any atom is -0.394 e. The Bertz CT molecular complexity index is 4230. The van der Waals surface area contributed by atoms with E-state index in [2.05, 4.69) is 106 Å². The van der Waals surface area contributed by atoms with Crippen LogP contribution in [-0.4, -0.2) is 297 Å². The molecule has 14 atom stereocenters. The van der Waals surface area contributed by atoms with Gasteiger partial charge < -0.3 is 168 Å². The number of benzene rings is 2. The van der Waals surface area contributed by atoms with Gasteiger partial charge in [0.2, 0.25) is 112 Å². The van der Waals surface area contributed by atoms with Crippen molar-refractivity contribution < 1.29 is 101 Å². The van der Waals surface area contributed by atoms with E-state index in [0.717, 1.165) is 19.4 Å². The highest BCUT2D eigenvalue weighted by molar-refractivity contribution is 6.01. The molecule has 0 aromatic heterocycles. The van der Waals surface area contributed by atoms with Crippen LogP contribution in [0.1, 0.15) is 141 Å². The summed E-state index contributed by atoms with van der Waals surface area (Å²) in [5, 5.41) is 93.6. The number of hydrogen-bond donors (Lipinski definition) is 34. The average Bonchev–Trinajstić information content (AvgIpc) is 0.889. The zero-order valence-electron chi connectivity index (χ0n) is 75.4. The normalized spacial score (nSPS) is 14.0. The van der Waals surface area contributed by atoms with Gasteiger partial charge in [-0.3, -0.25) is 107 Å². The van der Waals surface area contributed by atoms with Gasteiger partial charge in [-0.1, -0.05) is 60.7 Å². The first-order valence-corrected chi connectivity index (χ1v) is 43.5. The number of carbonyl (C=O) groups is 19. The molecule has 0 heterocycles. The number of aliphatic hydroxyl groups is 2. The molecule has 0 fully saturated rings. The lowest BCUT2D eigenvalue weighted by Crippen LogP contribution is -2.61.